The Morgan fingerprint density at radius 2 is 2.33 bits per heavy atom. The van der Waals surface area contributed by atoms with E-state index in [-0.39, 0.29) is 6.04 Å². The van der Waals surface area contributed by atoms with Crippen molar-refractivity contribution in [2.24, 2.45) is 18.9 Å². The van der Waals surface area contributed by atoms with E-state index in [1.54, 1.807) is 12.5 Å². The maximum Gasteiger partial charge on any atom is 0.133 e. The van der Waals surface area contributed by atoms with E-state index in [9.17, 15) is 5.11 Å². The van der Waals surface area contributed by atoms with Crippen LogP contribution in [0.5, 0.6) is 0 Å². The molecule has 114 valence electrons. The van der Waals surface area contributed by atoms with Gasteiger partial charge in [0.2, 0.25) is 0 Å². The standard InChI is InChI=1S/C16H23N3O2/c1-19-8-7-17-16(19)15(14-6-3-9-21-14)18-10-12-4-2-5-13(12)11-20/h3,6-9,12-13,15,18,20H,2,4-5,10-11H2,1H3. The van der Waals surface area contributed by atoms with Crippen molar-refractivity contribution in [2.75, 3.05) is 13.2 Å². The average molecular weight is 289 g/mol. The van der Waals surface area contributed by atoms with E-state index < -0.39 is 0 Å². The number of aliphatic hydroxyl groups excluding tert-OH is 1. The smallest absolute Gasteiger partial charge is 0.133 e. The highest BCUT2D eigenvalue weighted by atomic mass is 16.3. The molecule has 3 rings (SSSR count). The van der Waals surface area contributed by atoms with E-state index in [2.05, 4.69) is 10.3 Å². The summed E-state index contributed by atoms with van der Waals surface area (Å²) >= 11 is 0. The molecule has 1 aliphatic carbocycles. The highest BCUT2D eigenvalue weighted by Gasteiger charge is 2.28. The van der Waals surface area contributed by atoms with Gasteiger partial charge in [0.15, 0.2) is 0 Å². The fourth-order valence-corrected chi connectivity index (χ4v) is 3.32. The van der Waals surface area contributed by atoms with E-state index in [4.69, 9.17) is 4.42 Å². The maximum atomic E-state index is 9.45. The molecule has 5 heteroatoms. The van der Waals surface area contributed by atoms with Crippen molar-refractivity contribution in [3.05, 3.63) is 42.4 Å². The molecule has 5 nitrogen and oxygen atoms in total. The summed E-state index contributed by atoms with van der Waals surface area (Å²) < 4.78 is 7.59. The molecule has 0 spiro atoms. The van der Waals surface area contributed by atoms with E-state index in [1.807, 2.05) is 29.9 Å². The molecule has 21 heavy (non-hydrogen) atoms. The molecule has 2 aromatic heterocycles. The minimum absolute atomic E-state index is 0.0417. The van der Waals surface area contributed by atoms with Gasteiger partial charge < -0.3 is 19.4 Å². The Balaban J connectivity index is 1.73. The zero-order valence-corrected chi connectivity index (χ0v) is 12.4. The fraction of sp³-hybridized carbons (Fsp3) is 0.562. The molecular formula is C16H23N3O2. The Kier molecular flexibility index (Phi) is 4.41. The van der Waals surface area contributed by atoms with Crippen molar-refractivity contribution in [1.82, 2.24) is 14.9 Å². The second-order valence-corrected chi connectivity index (χ2v) is 5.89. The quantitative estimate of drug-likeness (QED) is 0.855. The lowest BCUT2D eigenvalue weighted by atomic mass is 9.96. The van der Waals surface area contributed by atoms with Crippen molar-refractivity contribution < 1.29 is 9.52 Å². The van der Waals surface area contributed by atoms with Gasteiger partial charge in [-0.05, 0) is 43.4 Å². The molecule has 2 N–H and O–H groups in total. The number of imidazole rings is 1. The van der Waals surface area contributed by atoms with Crippen LogP contribution in [0.1, 0.15) is 36.9 Å². The van der Waals surface area contributed by atoms with Crippen LogP contribution < -0.4 is 5.32 Å². The predicted molar refractivity (Wildman–Crippen MR) is 79.7 cm³/mol. The number of rotatable bonds is 6. The van der Waals surface area contributed by atoms with Crippen LogP contribution in [0.25, 0.3) is 0 Å². The third-order valence-corrected chi connectivity index (χ3v) is 4.58. The SMILES string of the molecule is Cn1ccnc1C(NCC1CCCC1CO)c1ccco1. The molecule has 0 saturated heterocycles. The number of aliphatic hydroxyl groups is 1. The van der Waals surface area contributed by atoms with E-state index in [0.29, 0.717) is 18.4 Å². The molecule has 0 aliphatic heterocycles. The molecule has 1 saturated carbocycles. The van der Waals surface area contributed by atoms with Crippen LogP contribution in [0.15, 0.2) is 35.2 Å². The third kappa shape index (κ3) is 3.04. The summed E-state index contributed by atoms with van der Waals surface area (Å²) in [5.74, 6) is 2.79. The molecule has 0 aromatic carbocycles. The lowest BCUT2D eigenvalue weighted by Crippen LogP contribution is -2.31. The summed E-state index contributed by atoms with van der Waals surface area (Å²) in [4.78, 5) is 4.45. The van der Waals surface area contributed by atoms with Gasteiger partial charge in [-0.1, -0.05) is 6.42 Å². The first-order valence-corrected chi connectivity index (χ1v) is 7.64. The number of hydrogen-bond donors (Lipinski definition) is 2. The first-order chi connectivity index (χ1) is 10.3. The molecule has 0 bridgehead atoms. The maximum absolute atomic E-state index is 9.45. The number of furan rings is 1. The first-order valence-electron chi connectivity index (χ1n) is 7.64. The van der Waals surface area contributed by atoms with Gasteiger partial charge in [-0.2, -0.15) is 0 Å². The lowest BCUT2D eigenvalue weighted by Gasteiger charge is -2.22. The molecule has 0 radical (unpaired) electrons. The number of nitrogens with zero attached hydrogens (tertiary/aromatic N) is 2. The Morgan fingerprint density at radius 3 is 3.00 bits per heavy atom. The molecule has 1 fully saturated rings. The van der Waals surface area contributed by atoms with Crippen molar-refractivity contribution in [3.8, 4) is 0 Å². The summed E-state index contributed by atoms with van der Waals surface area (Å²) in [6.45, 7) is 1.17. The van der Waals surface area contributed by atoms with Gasteiger partial charge in [-0.15, -0.1) is 0 Å². The summed E-state index contributed by atoms with van der Waals surface area (Å²) in [5, 5.41) is 13.0. The van der Waals surface area contributed by atoms with Crippen molar-refractivity contribution in [1.29, 1.82) is 0 Å². The van der Waals surface area contributed by atoms with Crippen LogP contribution in [-0.2, 0) is 7.05 Å². The van der Waals surface area contributed by atoms with Crippen molar-refractivity contribution >= 4 is 0 Å². The second-order valence-electron chi connectivity index (χ2n) is 5.89. The zero-order chi connectivity index (χ0) is 14.7. The average Bonchev–Trinajstić information content (AvgIpc) is 3.21. The van der Waals surface area contributed by atoms with Gasteiger partial charge in [0.1, 0.15) is 17.6 Å². The summed E-state index contributed by atoms with van der Waals surface area (Å²) in [6, 6.07) is 3.84. The summed E-state index contributed by atoms with van der Waals surface area (Å²) in [7, 11) is 1.99. The summed E-state index contributed by atoms with van der Waals surface area (Å²) in [5.41, 5.74) is 0. The molecular weight excluding hydrogens is 266 g/mol. The molecule has 0 amide bonds. The molecule has 2 aromatic rings. The number of aromatic nitrogens is 2. The summed E-state index contributed by atoms with van der Waals surface area (Å²) in [6.07, 6.45) is 8.98. The Morgan fingerprint density at radius 1 is 1.48 bits per heavy atom. The second kappa shape index (κ2) is 6.45. The Labute approximate surface area is 125 Å². The Hall–Kier alpha value is -1.59. The predicted octanol–water partition coefficient (Wildman–Crippen LogP) is 2.10. The van der Waals surface area contributed by atoms with Gasteiger partial charge in [0.25, 0.3) is 0 Å². The van der Waals surface area contributed by atoms with Crippen molar-refractivity contribution in [3.63, 3.8) is 0 Å². The van der Waals surface area contributed by atoms with Gasteiger partial charge in [-0.3, -0.25) is 0 Å². The van der Waals surface area contributed by atoms with Gasteiger partial charge >= 0.3 is 0 Å². The lowest BCUT2D eigenvalue weighted by molar-refractivity contribution is 0.190. The number of nitrogens with one attached hydrogen (secondary N) is 1. The fourth-order valence-electron chi connectivity index (χ4n) is 3.32. The van der Waals surface area contributed by atoms with Crippen LogP contribution in [0.3, 0.4) is 0 Å². The van der Waals surface area contributed by atoms with Gasteiger partial charge in [0.05, 0.1) is 6.26 Å². The number of hydrogen-bond acceptors (Lipinski definition) is 4. The minimum atomic E-state index is -0.0417. The van der Waals surface area contributed by atoms with E-state index in [0.717, 1.165) is 24.6 Å². The van der Waals surface area contributed by atoms with Crippen molar-refractivity contribution in [2.45, 2.75) is 25.3 Å². The van der Waals surface area contributed by atoms with Crippen LogP contribution in [0.2, 0.25) is 0 Å². The van der Waals surface area contributed by atoms with Gasteiger partial charge in [0, 0.05) is 26.0 Å². The van der Waals surface area contributed by atoms with Crippen LogP contribution in [0.4, 0.5) is 0 Å². The van der Waals surface area contributed by atoms with Crippen LogP contribution in [0, 0.1) is 11.8 Å². The number of aryl methyl sites for hydroxylation is 1. The van der Waals surface area contributed by atoms with E-state index in [1.165, 1.54) is 12.8 Å². The zero-order valence-electron chi connectivity index (χ0n) is 12.4. The Bertz CT molecular complexity index is 550. The normalized spacial score (nSPS) is 23.5. The molecule has 1 aliphatic rings. The minimum Gasteiger partial charge on any atom is -0.467 e. The largest absolute Gasteiger partial charge is 0.467 e. The van der Waals surface area contributed by atoms with Crippen LogP contribution >= 0.6 is 0 Å². The molecule has 2 heterocycles. The van der Waals surface area contributed by atoms with Gasteiger partial charge in [-0.25, -0.2) is 4.98 Å². The highest BCUT2D eigenvalue weighted by Crippen LogP contribution is 2.31. The van der Waals surface area contributed by atoms with E-state index >= 15 is 0 Å². The highest BCUT2D eigenvalue weighted by molar-refractivity contribution is 5.15. The molecule has 3 unspecified atom stereocenters. The first kappa shape index (κ1) is 14.4. The monoisotopic (exact) mass is 289 g/mol. The topological polar surface area (TPSA) is 63.2 Å². The third-order valence-electron chi connectivity index (χ3n) is 4.58. The molecule has 3 atom stereocenters. The van der Waals surface area contributed by atoms with Crippen LogP contribution in [-0.4, -0.2) is 27.8 Å².